The molecule has 0 radical (unpaired) electrons. The van der Waals surface area contributed by atoms with Crippen LogP contribution >= 0.6 is 0 Å². The van der Waals surface area contributed by atoms with Crippen molar-refractivity contribution in [2.45, 2.75) is 18.9 Å². The van der Waals surface area contributed by atoms with Crippen molar-refractivity contribution in [3.63, 3.8) is 0 Å². The van der Waals surface area contributed by atoms with E-state index >= 15 is 0 Å². The quantitative estimate of drug-likeness (QED) is 0.201. The molecular weight excluding hydrogens is 636 g/mol. The highest BCUT2D eigenvalue weighted by Crippen LogP contribution is 2.40. The molecule has 2 N–H and O–H groups in total. The van der Waals surface area contributed by atoms with Crippen molar-refractivity contribution in [1.82, 2.24) is 29.2 Å². The smallest absolute Gasteiger partial charge is 0.299 e. The van der Waals surface area contributed by atoms with Gasteiger partial charge in [-0.3, -0.25) is 23.7 Å². The number of halogens is 2. The molecule has 0 saturated carbocycles. The second kappa shape index (κ2) is 13.0. The summed E-state index contributed by atoms with van der Waals surface area (Å²) in [5.41, 5.74) is 1.73. The Morgan fingerprint density at radius 1 is 1.04 bits per heavy atom. The maximum atomic E-state index is 14.5. The number of rotatable bonds is 10. The number of carbonyl (C=O) groups excluding carboxylic acids is 1. The average Bonchev–Trinajstić information content (AvgIpc) is 3.75. The summed E-state index contributed by atoms with van der Waals surface area (Å²) in [7, 11) is 3.24. The molecule has 7 rings (SSSR count). The number of benzene rings is 2. The van der Waals surface area contributed by atoms with Crippen LogP contribution in [-0.4, -0.2) is 74.5 Å². The predicted octanol–water partition coefficient (Wildman–Crippen LogP) is 4.75. The summed E-state index contributed by atoms with van der Waals surface area (Å²) in [5, 5.41) is 10.7. The Labute approximate surface area is 279 Å². The first kappa shape index (κ1) is 31.8. The molecule has 252 valence electrons. The summed E-state index contributed by atoms with van der Waals surface area (Å²) in [4.78, 5) is 40.1. The van der Waals surface area contributed by atoms with Crippen LogP contribution in [0.25, 0.3) is 16.7 Å². The zero-order valence-electron chi connectivity index (χ0n) is 26.8. The number of hydrogen-bond donors (Lipinski definition) is 2. The van der Waals surface area contributed by atoms with Gasteiger partial charge in [0, 0.05) is 56.1 Å². The molecule has 2 fully saturated rings. The molecule has 0 aliphatic carbocycles. The van der Waals surface area contributed by atoms with Crippen molar-refractivity contribution in [3.05, 3.63) is 89.6 Å². The number of carbonyl (C=O) groups is 1. The highest BCUT2D eigenvalue weighted by atomic mass is 19.1. The van der Waals surface area contributed by atoms with Gasteiger partial charge in [0.05, 0.1) is 36.1 Å². The standard InChI is InChI=1S/C34H33F2N9O4/c1-4-31(46)39-25-13-26(29(48-3)14-27(25)44-18-23(19-44)43-9-5-6-10-43)40-34-37-15-20-11-30(49-28-8-7-21(35)12-24(28)36)33(47)45(32(20)41-34)22-16-38-42(2)17-22/h4,7-8,11-17,23H,1,5-6,9-10,18-19H2,2-3H3,(H,39,46)(H,37,40,41). The van der Waals surface area contributed by atoms with Gasteiger partial charge in [0.15, 0.2) is 23.0 Å². The van der Waals surface area contributed by atoms with E-state index in [0.717, 1.165) is 44.0 Å². The molecular formula is C34H33F2N9O4. The van der Waals surface area contributed by atoms with Gasteiger partial charge < -0.3 is 25.0 Å². The molecule has 2 aromatic carbocycles. The second-order valence-electron chi connectivity index (χ2n) is 11.9. The summed E-state index contributed by atoms with van der Waals surface area (Å²) in [5.74, 6) is -2.07. The average molecular weight is 670 g/mol. The van der Waals surface area contributed by atoms with E-state index in [1.807, 2.05) is 6.07 Å². The van der Waals surface area contributed by atoms with E-state index in [0.29, 0.717) is 40.3 Å². The summed E-state index contributed by atoms with van der Waals surface area (Å²) >= 11 is 0. The summed E-state index contributed by atoms with van der Waals surface area (Å²) < 4.78 is 42.1. The van der Waals surface area contributed by atoms with Gasteiger partial charge in [0.2, 0.25) is 11.9 Å². The molecule has 0 atom stereocenters. The van der Waals surface area contributed by atoms with Crippen molar-refractivity contribution < 1.29 is 23.0 Å². The number of ether oxygens (including phenoxy) is 2. The molecule has 2 aliphatic rings. The van der Waals surface area contributed by atoms with Crippen LogP contribution in [0.15, 0.2) is 72.4 Å². The minimum absolute atomic E-state index is 0.118. The van der Waals surface area contributed by atoms with Crippen molar-refractivity contribution in [3.8, 4) is 22.9 Å². The molecule has 2 saturated heterocycles. The van der Waals surface area contributed by atoms with E-state index in [9.17, 15) is 18.4 Å². The van der Waals surface area contributed by atoms with Crippen LogP contribution in [0.5, 0.6) is 17.2 Å². The van der Waals surface area contributed by atoms with Crippen LogP contribution in [0.4, 0.5) is 31.8 Å². The van der Waals surface area contributed by atoms with E-state index in [1.165, 1.54) is 46.6 Å². The topological polar surface area (TPSA) is 132 Å². The highest BCUT2D eigenvalue weighted by Gasteiger charge is 2.35. The van der Waals surface area contributed by atoms with Crippen molar-refractivity contribution in [2.75, 3.05) is 48.8 Å². The Balaban J connectivity index is 1.26. The SMILES string of the molecule is C=CC(=O)Nc1cc(Nc2ncc3cc(Oc4ccc(F)cc4F)c(=O)n(-c4cnn(C)c4)c3n2)c(OC)cc1N1CC(N2CCCC2)C1. The molecule has 0 spiro atoms. The van der Waals surface area contributed by atoms with Gasteiger partial charge in [-0.25, -0.2) is 13.8 Å². The maximum absolute atomic E-state index is 14.5. The Morgan fingerprint density at radius 2 is 1.84 bits per heavy atom. The molecule has 3 aromatic heterocycles. The lowest BCUT2D eigenvalue weighted by molar-refractivity contribution is -0.111. The minimum atomic E-state index is -0.965. The van der Waals surface area contributed by atoms with Crippen LogP contribution < -0.4 is 30.6 Å². The van der Waals surface area contributed by atoms with E-state index in [-0.39, 0.29) is 29.0 Å². The van der Waals surface area contributed by atoms with Crippen LogP contribution in [0.1, 0.15) is 12.8 Å². The molecule has 0 bridgehead atoms. The Kier molecular flexibility index (Phi) is 8.42. The van der Waals surface area contributed by atoms with Gasteiger partial charge in [-0.2, -0.15) is 10.1 Å². The third kappa shape index (κ3) is 6.27. The van der Waals surface area contributed by atoms with Gasteiger partial charge in [-0.05, 0) is 56.3 Å². The first-order chi connectivity index (χ1) is 23.7. The predicted molar refractivity (Wildman–Crippen MR) is 180 cm³/mol. The van der Waals surface area contributed by atoms with Gasteiger partial charge >= 0.3 is 0 Å². The molecule has 5 aromatic rings. The van der Waals surface area contributed by atoms with Crippen LogP contribution in [0, 0.1) is 11.6 Å². The normalized spacial score (nSPS) is 14.9. The lowest BCUT2D eigenvalue weighted by Crippen LogP contribution is -2.59. The van der Waals surface area contributed by atoms with Crippen LogP contribution in [0.3, 0.4) is 0 Å². The number of nitrogens with zero attached hydrogens (tertiary/aromatic N) is 7. The monoisotopic (exact) mass is 669 g/mol. The Hall–Kier alpha value is -5.83. The number of aryl methyl sites for hydroxylation is 1. The molecule has 15 heteroatoms. The number of likely N-dealkylation sites (tertiary alicyclic amines) is 1. The zero-order valence-corrected chi connectivity index (χ0v) is 26.8. The second-order valence-corrected chi connectivity index (χ2v) is 11.9. The lowest BCUT2D eigenvalue weighted by Gasteiger charge is -2.46. The van der Waals surface area contributed by atoms with Crippen molar-refractivity contribution >= 4 is 40.0 Å². The molecule has 2 aliphatic heterocycles. The third-order valence-electron chi connectivity index (χ3n) is 8.64. The molecule has 5 heterocycles. The van der Waals surface area contributed by atoms with E-state index in [1.54, 1.807) is 26.4 Å². The highest BCUT2D eigenvalue weighted by molar-refractivity contribution is 6.02. The summed E-state index contributed by atoms with van der Waals surface area (Å²) in [6.07, 6.45) is 8.19. The Bertz CT molecular complexity index is 2140. The van der Waals surface area contributed by atoms with E-state index in [4.69, 9.17) is 9.47 Å². The summed E-state index contributed by atoms with van der Waals surface area (Å²) in [6, 6.07) is 8.24. The van der Waals surface area contributed by atoms with Crippen LogP contribution in [-0.2, 0) is 11.8 Å². The zero-order chi connectivity index (χ0) is 34.2. The van der Waals surface area contributed by atoms with Gasteiger partial charge in [-0.1, -0.05) is 6.58 Å². The Morgan fingerprint density at radius 3 is 2.53 bits per heavy atom. The van der Waals surface area contributed by atoms with Gasteiger partial charge in [0.25, 0.3) is 5.56 Å². The fourth-order valence-electron chi connectivity index (χ4n) is 6.14. The van der Waals surface area contributed by atoms with Crippen molar-refractivity contribution in [2.24, 2.45) is 7.05 Å². The fourth-order valence-corrected chi connectivity index (χ4v) is 6.14. The molecule has 0 unspecified atom stereocenters. The third-order valence-corrected chi connectivity index (χ3v) is 8.64. The fraction of sp³-hybridized carbons (Fsp3) is 0.265. The first-order valence-corrected chi connectivity index (χ1v) is 15.7. The minimum Gasteiger partial charge on any atom is -0.494 e. The van der Waals surface area contributed by atoms with Crippen LogP contribution in [0.2, 0.25) is 0 Å². The molecule has 1 amide bonds. The number of anilines is 4. The number of methoxy groups -OCH3 is 1. The largest absolute Gasteiger partial charge is 0.494 e. The van der Waals surface area contributed by atoms with Gasteiger partial charge in [0.1, 0.15) is 11.6 Å². The number of fused-ring (bicyclic) bond motifs is 1. The summed E-state index contributed by atoms with van der Waals surface area (Å²) in [6.45, 7) is 7.45. The number of pyridine rings is 1. The number of nitrogens with one attached hydrogen (secondary N) is 2. The van der Waals surface area contributed by atoms with E-state index < -0.39 is 17.2 Å². The van der Waals surface area contributed by atoms with Crippen molar-refractivity contribution in [1.29, 1.82) is 0 Å². The number of hydrogen-bond acceptors (Lipinski definition) is 10. The number of amides is 1. The number of aromatic nitrogens is 5. The first-order valence-electron chi connectivity index (χ1n) is 15.7. The lowest BCUT2D eigenvalue weighted by atomic mass is 10.0. The molecule has 49 heavy (non-hydrogen) atoms. The van der Waals surface area contributed by atoms with Gasteiger partial charge in [-0.15, -0.1) is 0 Å². The molecule has 13 nitrogen and oxygen atoms in total. The van der Waals surface area contributed by atoms with E-state index in [2.05, 4.69) is 42.1 Å². The maximum Gasteiger partial charge on any atom is 0.299 e.